The second-order valence-electron chi connectivity index (χ2n) is 8.53. The van der Waals surface area contributed by atoms with E-state index in [1.807, 2.05) is 39.8 Å². The van der Waals surface area contributed by atoms with Gasteiger partial charge in [-0.25, -0.2) is 0 Å². The van der Waals surface area contributed by atoms with Gasteiger partial charge in [-0.3, -0.25) is 0 Å². The Morgan fingerprint density at radius 2 is 1.29 bits per heavy atom. The summed E-state index contributed by atoms with van der Waals surface area (Å²) >= 11 is 0. The molecular weight excluding hydrogens is 434 g/mol. The molecule has 0 unspecified atom stereocenters. The quantitative estimate of drug-likeness (QED) is 0.364. The minimum absolute atomic E-state index is 0.315. The summed E-state index contributed by atoms with van der Waals surface area (Å²) in [5.41, 5.74) is 4.26. The number of rotatable bonds is 11. The summed E-state index contributed by atoms with van der Waals surface area (Å²) in [6, 6.07) is 6.61. The molecule has 0 saturated carbocycles. The first-order valence-electron chi connectivity index (χ1n) is 10.2. The molecule has 0 bridgehead atoms. The molecule has 174 valence electrons. The molecule has 0 aromatic heterocycles. The van der Waals surface area contributed by atoms with E-state index in [1.165, 1.54) is 6.08 Å². The molecule has 1 rings (SSSR count). The normalized spacial score (nSPS) is 13.1. The molecule has 0 spiro atoms. The van der Waals surface area contributed by atoms with Crippen LogP contribution in [-0.2, 0) is 22.0 Å². The number of allylic oxidation sites excluding steroid dienone is 6. The lowest BCUT2D eigenvalue weighted by molar-refractivity contribution is -0.336. The van der Waals surface area contributed by atoms with Crippen molar-refractivity contribution < 1.29 is 28.7 Å². The van der Waals surface area contributed by atoms with Crippen LogP contribution in [0.1, 0.15) is 65.0 Å². The van der Waals surface area contributed by atoms with Crippen molar-refractivity contribution in [2.75, 3.05) is 0 Å². The molecule has 0 aliphatic heterocycles. The van der Waals surface area contributed by atoms with Crippen molar-refractivity contribution in [2.24, 2.45) is 0 Å². The van der Waals surface area contributed by atoms with Gasteiger partial charge in [0.2, 0.25) is 0 Å². The molecule has 31 heavy (non-hydrogen) atoms. The third kappa shape index (κ3) is 8.65. The monoisotopic (exact) mass is 466 g/mol. The highest BCUT2D eigenvalue weighted by Gasteiger charge is 2.37. The fourth-order valence-corrected chi connectivity index (χ4v) is 5.69. The van der Waals surface area contributed by atoms with Gasteiger partial charge < -0.3 is 28.7 Å². The molecule has 1 aromatic carbocycles. The Labute approximate surface area is 186 Å². The molecule has 0 fully saturated rings. The first kappa shape index (κ1) is 27.8. The predicted octanol–water partition coefficient (Wildman–Crippen LogP) is 3.34. The number of benzene rings is 1. The summed E-state index contributed by atoms with van der Waals surface area (Å²) in [6.45, 7) is 9.56. The minimum Gasteiger partial charge on any atom is -0.810 e. The molecule has 0 aliphatic rings. The van der Waals surface area contributed by atoms with Crippen LogP contribution in [0.15, 0.2) is 59.2 Å². The number of hydrogen-bond donors (Lipinski definition) is 0. The van der Waals surface area contributed by atoms with E-state index >= 15 is 0 Å². The van der Waals surface area contributed by atoms with Crippen LogP contribution in [0.25, 0.3) is 0 Å². The van der Waals surface area contributed by atoms with E-state index in [9.17, 15) is 28.7 Å². The van der Waals surface area contributed by atoms with Gasteiger partial charge in [0, 0.05) is 4.90 Å². The van der Waals surface area contributed by atoms with Crippen molar-refractivity contribution >= 4 is 15.2 Å². The Morgan fingerprint density at radius 1 is 0.806 bits per heavy atom. The van der Waals surface area contributed by atoms with Crippen LogP contribution in [0.3, 0.4) is 0 Å². The van der Waals surface area contributed by atoms with Gasteiger partial charge in [-0.2, -0.15) is 0 Å². The molecule has 1 aromatic rings. The molecule has 0 heterocycles. The molecule has 0 N–H and O–H groups in total. The van der Waals surface area contributed by atoms with E-state index in [-0.39, 0.29) is 0 Å². The molecule has 8 heteroatoms. The van der Waals surface area contributed by atoms with E-state index < -0.39 is 32.9 Å². The lowest BCUT2D eigenvalue weighted by Gasteiger charge is -2.59. The average Bonchev–Trinajstić information content (AvgIpc) is 2.62. The summed E-state index contributed by atoms with van der Waals surface area (Å²) in [6.07, 6.45) is 6.05. The van der Waals surface area contributed by atoms with Crippen molar-refractivity contribution in [3.63, 3.8) is 0 Å². The van der Waals surface area contributed by atoms with Crippen molar-refractivity contribution in [3.05, 3.63) is 70.3 Å². The van der Waals surface area contributed by atoms with Crippen molar-refractivity contribution in [1.29, 1.82) is 0 Å². The first-order chi connectivity index (χ1) is 14.2. The highest BCUT2D eigenvalue weighted by molar-refractivity contribution is 7.69. The van der Waals surface area contributed by atoms with Crippen molar-refractivity contribution in [1.82, 2.24) is 0 Å². The Hall–Kier alpha value is -1.26. The highest BCUT2D eigenvalue weighted by atomic mass is 31.2. The van der Waals surface area contributed by atoms with Crippen LogP contribution in [0.5, 0.6) is 0 Å². The third-order valence-corrected chi connectivity index (χ3v) is 9.33. The maximum atomic E-state index is 12.1. The summed E-state index contributed by atoms with van der Waals surface area (Å²) < 4.78 is 24.2. The fourth-order valence-electron chi connectivity index (χ4n) is 3.11. The van der Waals surface area contributed by atoms with Crippen LogP contribution in [0.4, 0.5) is 0 Å². The summed E-state index contributed by atoms with van der Waals surface area (Å²) in [4.78, 5) is 45.5. The van der Waals surface area contributed by atoms with Gasteiger partial charge in [0.1, 0.15) is 0 Å². The van der Waals surface area contributed by atoms with Gasteiger partial charge in [-0.1, -0.05) is 74.4 Å². The van der Waals surface area contributed by atoms with Crippen molar-refractivity contribution in [2.45, 2.75) is 71.6 Å². The lowest BCUT2D eigenvalue weighted by atomic mass is 10.0. The topological polar surface area (TPSA) is 126 Å². The maximum Gasteiger partial charge on any atom is 0.0330 e. The van der Waals surface area contributed by atoms with Gasteiger partial charge in [-0.15, -0.1) is 0 Å². The molecule has 0 saturated heterocycles. The average molecular weight is 466 g/mol. The number of hydrogen-bond acceptors (Lipinski definition) is 6. The van der Waals surface area contributed by atoms with Crippen LogP contribution in [0, 0.1) is 0 Å². The van der Waals surface area contributed by atoms with Gasteiger partial charge >= 0.3 is 0 Å². The van der Waals surface area contributed by atoms with Gasteiger partial charge in [0.15, 0.2) is 0 Å². The van der Waals surface area contributed by atoms with E-state index in [2.05, 4.69) is 0 Å². The van der Waals surface area contributed by atoms with E-state index in [4.69, 9.17) is 0 Å². The summed E-state index contributed by atoms with van der Waals surface area (Å²) in [5.74, 6) is 0. The fraction of sp³-hybridized carbons (Fsp3) is 0.478. The largest absolute Gasteiger partial charge is 0.810 e. The van der Waals surface area contributed by atoms with Crippen LogP contribution in [-0.4, -0.2) is 4.90 Å². The maximum absolute atomic E-state index is 12.1. The third-order valence-electron chi connectivity index (χ3n) is 5.14. The van der Waals surface area contributed by atoms with Crippen molar-refractivity contribution in [3.8, 4) is 0 Å². The molecule has 0 amide bonds. The second kappa shape index (κ2) is 11.6. The Morgan fingerprint density at radius 3 is 1.74 bits per heavy atom. The second-order valence-corrected chi connectivity index (χ2v) is 12.6. The zero-order chi connectivity index (χ0) is 23.9. The van der Waals surface area contributed by atoms with E-state index in [0.717, 1.165) is 22.3 Å². The van der Waals surface area contributed by atoms with Gasteiger partial charge in [-0.05, 0) is 77.8 Å². The zero-order valence-electron chi connectivity index (χ0n) is 18.9. The molecule has 0 radical (unpaired) electrons. The predicted molar refractivity (Wildman–Crippen MR) is 118 cm³/mol. The first-order valence-corrected chi connectivity index (χ1v) is 13.3. The molecule has 0 aliphatic carbocycles. The Balaban J connectivity index is 3.23. The Bertz CT molecular complexity index is 886. The molecule has 6 nitrogen and oxygen atoms in total. The van der Waals surface area contributed by atoms with E-state index in [1.54, 1.807) is 31.2 Å². The molecule has 0 atom stereocenters. The Kier molecular flexibility index (Phi) is 10.4. The SMILES string of the molecule is CC(C)=CCC/C(C)=C/CC(Cc1ccc(CC=C(C)C)cc1)(P(=O)([O-])[O-])P(=O)([O-])[O-]. The minimum atomic E-state index is -5.78. The smallest absolute Gasteiger partial charge is 0.0330 e. The van der Waals surface area contributed by atoms with Crippen LogP contribution in [0.2, 0.25) is 0 Å². The van der Waals surface area contributed by atoms with Gasteiger partial charge in [0.05, 0.1) is 0 Å². The van der Waals surface area contributed by atoms with E-state index in [0.29, 0.717) is 24.8 Å². The van der Waals surface area contributed by atoms with Crippen LogP contribution >= 0.6 is 15.2 Å². The lowest BCUT2D eigenvalue weighted by Crippen LogP contribution is -2.47. The molecular formula is C23H32O6P2-4. The summed E-state index contributed by atoms with van der Waals surface area (Å²) in [5, 5.41) is 0. The summed E-state index contributed by atoms with van der Waals surface area (Å²) in [7, 11) is -11.6. The standard InChI is InChI=1S/C23H36O6P2/c1-18(2)7-6-8-20(5)15-16-23(30(24,25)26,31(27,28)29)17-22-13-11-21(12-14-22)10-9-19(3)4/h7,9,11-15H,6,8,10,16-17H2,1-5H3,(H2,24,25,26)(H2,27,28,29)/p-4/b20-15+. The zero-order valence-corrected chi connectivity index (χ0v) is 20.7. The van der Waals surface area contributed by atoms with Crippen LogP contribution < -0.4 is 19.6 Å². The highest BCUT2D eigenvalue weighted by Crippen LogP contribution is 2.64. The van der Waals surface area contributed by atoms with Gasteiger partial charge in [0.25, 0.3) is 0 Å².